The van der Waals surface area contributed by atoms with Gasteiger partial charge in [-0.25, -0.2) is 0 Å². The van der Waals surface area contributed by atoms with Crippen molar-refractivity contribution in [2.75, 3.05) is 0 Å². The van der Waals surface area contributed by atoms with Crippen molar-refractivity contribution in [1.82, 2.24) is 24.7 Å². The average Bonchev–Trinajstić information content (AvgIpc) is 3.02. The summed E-state index contributed by atoms with van der Waals surface area (Å²) in [5, 5.41) is 45.6. The van der Waals surface area contributed by atoms with Crippen LogP contribution in [0.5, 0.6) is 0 Å². The van der Waals surface area contributed by atoms with Gasteiger partial charge in [-0.1, -0.05) is 0 Å². The predicted octanol–water partition coefficient (Wildman–Crippen LogP) is -0.377. The lowest BCUT2D eigenvalue weighted by Gasteiger charge is -1.88. The summed E-state index contributed by atoms with van der Waals surface area (Å²) in [5.41, 5.74) is 0. The zero-order valence-electron chi connectivity index (χ0n) is 9.84. The predicted molar refractivity (Wildman–Crippen MR) is 60.1 cm³/mol. The van der Waals surface area contributed by atoms with Crippen LogP contribution in [0.1, 0.15) is 0 Å². The van der Waals surface area contributed by atoms with Crippen LogP contribution in [0.3, 0.4) is 0 Å². The second-order valence-electron chi connectivity index (χ2n) is 3.38. The third-order valence-corrected chi connectivity index (χ3v) is 2.12. The molecular formula is C5HN9O8. The maximum Gasteiger partial charge on any atom is 0.511 e. The van der Waals surface area contributed by atoms with Gasteiger partial charge in [0.2, 0.25) is 0 Å². The molecule has 0 atom stereocenters. The van der Waals surface area contributed by atoms with E-state index >= 15 is 0 Å². The summed E-state index contributed by atoms with van der Waals surface area (Å²) in [6.07, 6.45) is 0. The van der Waals surface area contributed by atoms with Crippen LogP contribution >= 0.6 is 0 Å². The van der Waals surface area contributed by atoms with E-state index in [0.717, 1.165) is 0 Å². The number of H-pyrrole nitrogens is 1. The van der Waals surface area contributed by atoms with Crippen molar-refractivity contribution < 1.29 is 19.7 Å². The number of nitrogens with one attached hydrogen (secondary N) is 1. The Balaban J connectivity index is 2.68. The molecular weight excluding hydrogens is 314 g/mol. The van der Waals surface area contributed by atoms with E-state index < -0.39 is 49.2 Å². The van der Waals surface area contributed by atoms with Gasteiger partial charge in [0.15, 0.2) is 0 Å². The smallest absolute Gasteiger partial charge is 0.390 e. The van der Waals surface area contributed by atoms with E-state index in [4.69, 9.17) is 0 Å². The molecule has 0 aliphatic carbocycles. The maximum atomic E-state index is 10.7. The van der Waals surface area contributed by atoms with Crippen molar-refractivity contribution in [2.45, 2.75) is 0 Å². The lowest BCUT2D eigenvalue weighted by atomic mass is 10.7. The molecule has 0 aliphatic rings. The fourth-order valence-electron chi connectivity index (χ4n) is 1.33. The third kappa shape index (κ3) is 2.23. The lowest BCUT2D eigenvalue weighted by Crippen LogP contribution is -2.05. The molecule has 1 N–H and O–H groups in total. The summed E-state index contributed by atoms with van der Waals surface area (Å²) in [6.45, 7) is 0. The van der Waals surface area contributed by atoms with E-state index in [1.807, 2.05) is 4.98 Å². The number of hydrogen-bond acceptors (Lipinski definition) is 11. The van der Waals surface area contributed by atoms with Gasteiger partial charge in [-0.2, -0.15) is 4.98 Å². The van der Waals surface area contributed by atoms with Crippen LogP contribution in [-0.2, 0) is 0 Å². The topological polar surface area (TPSA) is 232 Å². The van der Waals surface area contributed by atoms with Crippen molar-refractivity contribution in [1.29, 1.82) is 0 Å². The number of aromatic amines is 1. The molecule has 17 heteroatoms. The minimum absolute atomic E-state index is 0.137. The van der Waals surface area contributed by atoms with E-state index in [1.54, 1.807) is 0 Å². The van der Waals surface area contributed by atoms with Crippen molar-refractivity contribution in [3.63, 3.8) is 0 Å². The number of hydrogen-bond donors (Lipinski definition) is 1. The van der Waals surface area contributed by atoms with Crippen LogP contribution in [0.2, 0.25) is 0 Å². The number of rotatable bonds is 5. The minimum atomic E-state index is -1.24. The zero-order chi connectivity index (χ0) is 16.6. The van der Waals surface area contributed by atoms with Crippen molar-refractivity contribution >= 4 is 23.5 Å². The Bertz CT molecular complexity index is 787. The second kappa shape index (κ2) is 4.81. The fourth-order valence-corrected chi connectivity index (χ4v) is 1.33. The van der Waals surface area contributed by atoms with Gasteiger partial charge >= 0.3 is 29.5 Å². The molecule has 0 saturated carbocycles. The summed E-state index contributed by atoms with van der Waals surface area (Å²) in [7, 11) is 0. The standard InChI is InChI=1S/C5HN9O8/c15-11(16)1-2(12(17)18)7-3(6-1)10-5(14(21)22)8-4(9-10)13(19)20/h(H,6,7). The molecule has 17 nitrogen and oxygen atoms in total. The minimum Gasteiger partial charge on any atom is -0.390 e. The van der Waals surface area contributed by atoms with E-state index in [-0.39, 0.29) is 4.68 Å². The highest BCUT2D eigenvalue weighted by molar-refractivity contribution is 5.45. The largest absolute Gasteiger partial charge is 0.511 e. The Morgan fingerprint density at radius 2 is 1.50 bits per heavy atom. The third-order valence-electron chi connectivity index (χ3n) is 2.12. The molecule has 2 aromatic heterocycles. The Hall–Kier alpha value is -4.05. The average molecular weight is 315 g/mol. The molecule has 2 rings (SSSR count). The lowest BCUT2D eigenvalue weighted by molar-refractivity contribution is -0.427. The highest BCUT2D eigenvalue weighted by Crippen LogP contribution is 2.26. The summed E-state index contributed by atoms with van der Waals surface area (Å²) in [4.78, 5) is 45.7. The van der Waals surface area contributed by atoms with Gasteiger partial charge in [-0.05, 0) is 19.7 Å². The highest BCUT2D eigenvalue weighted by atomic mass is 16.6. The Morgan fingerprint density at radius 1 is 0.864 bits per heavy atom. The van der Waals surface area contributed by atoms with Crippen LogP contribution in [-0.4, -0.2) is 44.4 Å². The molecule has 114 valence electrons. The van der Waals surface area contributed by atoms with Gasteiger partial charge in [0.1, 0.15) is 5.10 Å². The summed E-state index contributed by atoms with van der Waals surface area (Å²) in [5.74, 6) is -5.65. The monoisotopic (exact) mass is 315 g/mol. The summed E-state index contributed by atoms with van der Waals surface area (Å²) < 4.78 is 0.137. The molecule has 0 spiro atoms. The van der Waals surface area contributed by atoms with Crippen molar-refractivity contribution in [3.8, 4) is 5.95 Å². The number of imidazole rings is 1. The number of nitrogens with zero attached hydrogens (tertiary/aromatic N) is 8. The summed E-state index contributed by atoms with van der Waals surface area (Å²) >= 11 is 0. The molecule has 0 unspecified atom stereocenters. The molecule has 0 amide bonds. The SMILES string of the molecule is O=[N+]([O-])c1nc([N+](=O)[O-])n(-c2nc([N+](=O)[O-])c([N+](=O)[O-])[nH]2)n1. The normalized spacial score (nSPS) is 10.4. The van der Waals surface area contributed by atoms with Gasteiger partial charge < -0.3 is 40.5 Å². The molecule has 0 bridgehead atoms. The quantitative estimate of drug-likeness (QED) is 0.551. The summed E-state index contributed by atoms with van der Waals surface area (Å²) in [6, 6.07) is 0. The Morgan fingerprint density at radius 3 is 1.91 bits per heavy atom. The molecule has 0 radical (unpaired) electrons. The molecule has 0 fully saturated rings. The van der Waals surface area contributed by atoms with Gasteiger partial charge in [0, 0.05) is 9.67 Å². The van der Waals surface area contributed by atoms with Crippen molar-refractivity contribution in [2.24, 2.45) is 0 Å². The van der Waals surface area contributed by atoms with Crippen LogP contribution < -0.4 is 0 Å². The first kappa shape index (κ1) is 14.4. The van der Waals surface area contributed by atoms with Crippen LogP contribution in [0.4, 0.5) is 23.5 Å². The highest BCUT2D eigenvalue weighted by Gasteiger charge is 2.41. The molecule has 0 saturated heterocycles. The second-order valence-corrected chi connectivity index (χ2v) is 3.38. The maximum absolute atomic E-state index is 10.7. The van der Waals surface area contributed by atoms with E-state index in [9.17, 15) is 40.5 Å². The van der Waals surface area contributed by atoms with E-state index in [1.165, 1.54) is 0 Å². The van der Waals surface area contributed by atoms with Gasteiger partial charge in [0.25, 0.3) is 0 Å². The number of nitro groups is 4. The van der Waals surface area contributed by atoms with Gasteiger partial charge in [-0.3, -0.25) is 0 Å². The van der Waals surface area contributed by atoms with Gasteiger partial charge in [0.05, 0.1) is 4.98 Å². The van der Waals surface area contributed by atoms with Crippen LogP contribution in [0, 0.1) is 40.5 Å². The van der Waals surface area contributed by atoms with Gasteiger partial charge in [-0.15, -0.1) is 0 Å². The molecule has 2 aromatic rings. The van der Waals surface area contributed by atoms with Crippen molar-refractivity contribution in [3.05, 3.63) is 40.5 Å². The zero-order valence-corrected chi connectivity index (χ0v) is 9.84. The first-order chi connectivity index (χ1) is 10.2. The van der Waals surface area contributed by atoms with E-state index in [2.05, 4.69) is 15.1 Å². The molecule has 2 heterocycles. The van der Waals surface area contributed by atoms with E-state index in [0.29, 0.717) is 0 Å². The Kier molecular flexibility index (Phi) is 3.14. The first-order valence-corrected chi connectivity index (χ1v) is 4.87. The number of aromatic nitrogens is 5. The fraction of sp³-hybridized carbons (Fsp3) is 0. The molecule has 0 aromatic carbocycles. The Labute approximate surface area is 115 Å². The molecule has 0 aliphatic heterocycles. The van der Waals surface area contributed by atoms with Crippen LogP contribution in [0.15, 0.2) is 0 Å². The van der Waals surface area contributed by atoms with Crippen LogP contribution in [0.25, 0.3) is 5.95 Å². The first-order valence-electron chi connectivity index (χ1n) is 4.87. The molecule has 22 heavy (non-hydrogen) atoms.